The summed E-state index contributed by atoms with van der Waals surface area (Å²) in [4.78, 5) is 29.3. The van der Waals surface area contributed by atoms with E-state index in [1.54, 1.807) is 34.9 Å². The third-order valence-electron chi connectivity index (χ3n) is 4.36. The van der Waals surface area contributed by atoms with E-state index in [9.17, 15) is 9.59 Å². The number of hydrogen-bond acceptors (Lipinski definition) is 3. The average Bonchev–Trinajstić information content (AvgIpc) is 3.03. The Morgan fingerprint density at radius 3 is 2.47 bits per heavy atom. The van der Waals surface area contributed by atoms with Crippen molar-refractivity contribution in [3.63, 3.8) is 0 Å². The first-order valence-corrected chi connectivity index (χ1v) is 10.2. The minimum absolute atomic E-state index is 0.201. The summed E-state index contributed by atoms with van der Waals surface area (Å²) < 4.78 is 1.75. The van der Waals surface area contributed by atoms with Crippen molar-refractivity contribution >= 4 is 34.9 Å². The van der Waals surface area contributed by atoms with E-state index in [2.05, 4.69) is 20.9 Å². The number of hydrogen-bond donors (Lipinski definition) is 3. The Labute approximate surface area is 180 Å². The normalized spacial score (nSPS) is 11.4. The second-order valence-electron chi connectivity index (χ2n) is 8.04. The summed E-state index contributed by atoms with van der Waals surface area (Å²) >= 11 is 6.04. The van der Waals surface area contributed by atoms with Crippen molar-refractivity contribution in [2.45, 2.75) is 46.2 Å². The summed E-state index contributed by atoms with van der Waals surface area (Å²) in [6, 6.07) is 10.5. The van der Waals surface area contributed by atoms with Crippen LogP contribution in [0.15, 0.2) is 42.6 Å². The summed E-state index contributed by atoms with van der Waals surface area (Å²) in [6.45, 7) is 8.07. The number of carbonyl (C=O) groups excluding carboxylic acids is 2. The van der Waals surface area contributed by atoms with Gasteiger partial charge >= 0.3 is 6.03 Å². The minimum atomic E-state index is -0.311. The van der Waals surface area contributed by atoms with E-state index >= 15 is 0 Å². The molecule has 1 aromatic carbocycles. The van der Waals surface area contributed by atoms with Crippen LogP contribution in [0.25, 0.3) is 5.65 Å². The van der Waals surface area contributed by atoms with Gasteiger partial charge in [-0.3, -0.25) is 9.20 Å². The Morgan fingerprint density at radius 2 is 1.83 bits per heavy atom. The zero-order valence-electron chi connectivity index (χ0n) is 17.5. The Balaban J connectivity index is 1.65. The van der Waals surface area contributed by atoms with Crippen molar-refractivity contribution in [2.75, 3.05) is 5.32 Å². The van der Waals surface area contributed by atoms with Gasteiger partial charge in [0.2, 0.25) is 0 Å². The van der Waals surface area contributed by atoms with Crippen LogP contribution in [-0.2, 0) is 13.0 Å². The molecule has 2 aromatic heterocycles. The van der Waals surface area contributed by atoms with Gasteiger partial charge in [0.1, 0.15) is 11.3 Å². The van der Waals surface area contributed by atoms with E-state index < -0.39 is 0 Å². The first-order chi connectivity index (χ1) is 14.2. The molecule has 0 fully saturated rings. The highest BCUT2D eigenvalue weighted by molar-refractivity contribution is 6.30. The highest BCUT2D eigenvalue weighted by Crippen LogP contribution is 2.18. The van der Waals surface area contributed by atoms with Crippen LogP contribution in [0.4, 0.5) is 10.5 Å². The number of urea groups is 1. The van der Waals surface area contributed by atoms with Gasteiger partial charge in [0.15, 0.2) is 0 Å². The Morgan fingerprint density at radius 1 is 1.13 bits per heavy atom. The zero-order chi connectivity index (χ0) is 21.9. The van der Waals surface area contributed by atoms with Gasteiger partial charge in [-0.1, -0.05) is 30.7 Å². The van der Waals surface area contributed by atoms with Crippen LogP contribution in [-0.4, -0.2) is 26.9 Å². The van der Waals surface area contributed by atoms with Gasteiger partial charge in [0.25, 0.3) is 5.91 Å². The molecule has 0 saturated carbocycles. The van der Waals surface area contributed by atoms with Crippen molar-refractivity contribution in [2.24, 2.45) is 0 Å². The molecular weight excluding hydrogens is 402 g/mol. The molecule has 158 valence electrons. The van der Waals surface area contributed by atoms with Gasteiger partial charge in [-0.05, 0) is 51.0 Å². The fourth-order valence-corrected chi connectivity index (χ4v) is 3.18. The van der Waals surface area contributed by atoms with Gasteiger partial charge in [0.05, 0.1) is 5.69 Å². The lowest BCUT2D eigenvalue weighted by atomic mass is 10.1. The fourth-order valence-electron chi connectivity index (χ4n) is 3.03. The van der Waals surface area contributed by atoms with Crippen molar-refractivity contribution in [3.8, 4) is 0 Å². The van der Waals surface area contributed by atoms with Crippen LogP contribution in [0.2, 0.25) is 5.02 Å². The number of benzene rings is 1. The molecule has 0 atom stereocenters. The third-order valence-corrected chi connectivity index (χ3v) is 4.60. The monoisotopic (exact) mass is 427 g/mol. The summed E-state index contributed by atoms with van der Waals surface area (Å²) in [7, 11) is 0. The Hall–Kier alpha value is -3.06. The lowest BCUT2D eigenvalue weighted by Gasteiger charge is -2.20. The molecule has 3 N–H and O–H groups in total. The predicted octanol–water partition coefficient (Wildman–Crippen LogP) is 4.40. The van der Waals surface area contributed by atoms with Gasteiger partial charge in [-0.2, -0.15) is 0 Å². The van der Waals surface area contributed by atoms with E-state index in [0.717, 1.165) is 11.3 Å². The summed E-state index contributed by atoms with van der Waals surface area (Å²) in [5, 5.41) is 9.15. The number of anilines is 1. The van der Waals surface area contributed by atoms with Crippen LogP contribution < -0.4 is 16.0 Å². The maximum Gasteiger partial charge on any atom is 0.319 e. The average molecular weight is 428 g/mol. The number of fused-ring (bicyclic) bond motifs is 1. The van der Waals surface area contributed by atoms with Gasteiger partial charge in [-0.25, -0.2) is 9.78 Å². The van der Waals surface area contributed by atoms with Crippen LogP contribution >= 0.6 is 11.6 Å². The lowest BCUT2D eigenvalue weighted by Crippen LogP contribution is -2.43. The van der Waals surface area contributed by atoms with E-state index in [-0.39, 0.29) is 17.5 Å². The molecule has 0 bridgehead atoms. The smallest absolute Gasteiger partial charge is 0.319 e. The molecule has 7 nitrogen and oxygen atoms in total. The maximum absolute atomic E-state index is 12.8. The zero-order valence-corrected chi connectivity index (χ0v) is 18.3. The van der Waals surface area contributed by atoms with Crippen molar-refractivity contribution < 1.29 is 9.59 Å². The van der Waals surface area contributed by atoms with Crippen molar-refractivity contribution in [1.82, 2.24) is 20.0 Å². The number of nitrogens with one attached hydrogen (secondary N) is 3. The van der Waals surface area contributed by atoms with E-state index in [1.807, 2.05) is 39.8 Å². The van der Waals surface area contributed by atoms with Gasteiger partial charge < -0.3 is 16.0 Å². The molecule has 0 unspecified atom stereocenters. The molecule has 0 radical (unpaired) electrons. The number of amides is 3. The van der Waals surface area contributed by atoms with E-state index in [4.69, 9.17) is 11.6 Å². The minimum Gasteiger partial charge on any atom is -0.347 e. The summed E-state index contributed by atoms with van der Waals surface area (Å²) in [6.07, 6.45) is 2.39. The fraction of sp³-hybridized carbons (Fsp3) is 0.318. The third kappa shape index (κ3) is 5.30. The number of nitrogens with zero attached hydrogens (tertiary/aromatic N) is 2. The van der Waals surface area contributed by atoms with Crippen molar-refractivity contribution in [3.05, 3.63) is 64.6 Å². The second-order valence-corrected chi connectivity index (χ2v) is 8.48. The van der Waals surface area contributed by atoms with Gasteiger partial charge in [-0.15, -0.1) is 0 Å². The van der Waals surface area contributed by atoms with Crippen LogP contribution in [0, 0.1) is 0 Å². The van der Waals surface area contributed by atoms with E-state index in [1.165, 1.54) is 0 Å². The molecule has 3 aromatic rings. The summed E-state index contributed by atoms with van der Waals surface area (Å²) in [5.41, 5.74) is 3.17. The SMILES string of the molecule is CCc1nc2cc(Cl)ccn2c1C(=O)NCc1ccc(NC(=O)NC(C)(C)C)cc1. The summed E-state index contributed by atoms with van der Waals surface area (Å²) in [5.74, 6) is -0.201. The molecule has 2 heterocycles. The molecule has 0 saturated heterocycles. The number of aromatic nitrogens is 2. The molecule has 3 amide bonds. The molecule has 3 rings (SSSR count). The maximum atomic E-state index is 12.8. The van der Waals surface area contributed by atoms with Crippen molar-refractivity contribution in [1.29, 1.82) is 0 Å². The first kappa shape index (κ1) is 21.6. The number of aryl methyl sites for hydroxylation is 1. The highest BCUT2D eigenvalue weighted by Gasteiger charge is 2.18. The van der Waals surface area contributed by atoms with Crippen LogP contribution in [0.3, 0.4) is 0 Å². The molecular formula is C22H26ClN5O2. The highest BCUT2D eigenvalue weighted by atomic mass is 35.5. The predicted molar refractivity (Wildman–Crippen MR) is 119 cm³/mol. The largest absolute Gasteiger partial charge is 0.347 e. The number of carbonyl (C=O) groups is 2. The standard InChI is InChI=1S/C22H26ClN5O2/c1-5-17-19(28-11-10-15(23)12-18(28)26-17)20(29)24-13-14-6-8-16(9-7-14)25-21(30)27-22(2,3)4/h6-12H,5,13H2,1-4H3,(H,24,29)(H2,25,27,30). The Bertz CT molecular complexity index is 1070. The van der Waals surface area contributed by atoms with Crippen LogP contribution in [0.5, 0.6) is 0 Å². The Kier molecular flexibility index (Phi) is 6.31. The number of pyridine rings is 1. The van der Waals surface area contributed by atoms with Crippen LogP contribution in [0.1, 0.15) is 49.4 Å². The second kappa shape index (κ2) is 8.75. The molecule has 0 spiro atoms. The quantitative estimate of drug-likeness (QED) is 0.564. The molecule has 0 aliphatic rings. The van der Waals surface area contributed by atoms with Gasteiger partial charge in [0, 0.05) is 35.1 Å². The molecule has 0 aliphatic carbocycles. The number of imidazole rings is 1. The lowest BCUT2D eigenvalue weighted by molar-refractivity contribution is 0.0944. The molecule has 30 heavy (non-hydrogen) atoms. The topological polar surface area (TPSA) is 87.5 Å². The molecule has 8 heteroatoms. The molecule has 0 aliphatic heterocycles. The first-order valence-electron chi connectivity index (χ1n) is 9.79. The number of halogens is 1. The number of rotatable bonds is 5. The van der Waals surface area contributed by atoms with E-state index in [0.29, 0.717) is 35.0 Å².